The molecule has 1 aliphatic carbocycles. The Morgan fingerprint density at radius 3 is 2.33 bits per heavy atom. The number of carbonyl (C=O) groups is 2. The number of carbonyl (C=O) groups excluding carboxylic acids is 2. The van der Waals surface area contributed by atoms with Crippen molar-refractivity contribution in [2.45, 2.75) is 44.4 Å². The largest absolute Gasteiger partial charge is 0.477 e. The maximum absolute atomic E-state index is 13.7. The average molecular weight is 545 g/mol. The van der Waals surface area contributed by atoms with Gasteiger partial charge in [0.1, 0.15) is 11.0 Å². The van der Waals surface area contributed by atoms with Crippen molar-refractivity contribution in [1.82, 2.24) is 30.2 Å². The molecule has 3 saturated heterocycles. The third-order valence-corrected chi connectivity index (χ3v) is 9.13. The fourth-order valence-electron chi connectivity index (χ4n) is 6.48. The molecule has 1 aromatic carbocycles. The van der Waals surface area contributed by atoms with Crippen molar-refractivity contribution >= 4 is 22.8 Å². The van der Waals surface area contributed by atoms with Crippen LogP contribution in [0.1, 0.15) is 70.9 Å². The van der Waals surface area contributed by atoms with Gasteiger partial charge in [0, 0.05) is 68.2 Å². The second kappa shape index (κ2) is 10.8. The molecule has 1 N–H and O–H groups in total. The van der Waals surface area contributed by atoms with E-state index in [4.69, 9.17) is 14.5 Å². The summed E-state index contributed by atoms with van der Waals surface area (Å²) >= 11 is 0. The van der Waals surface area contributed by atoms with Gasteiger partial charge in [0.05, 0.1) is 6.61 Å². The Hall–Kier alpha value is -3.53. The van der Waals surface area contributed by atoms with Crippen LogP contribution >= 0.6 is 0 Å². The van der Waals surface area contributed by atoms with Gasteiger partial charge in [0.2, 0.25) is 5.88 Å². The summed E-state index contributed by atoms with van der Waals surface area (Å²) in [4.78, 5) is 35.7. The van der Waals surface area contributed by atoms with E-state index in [1.165, 1.54) is 0 Å². The fraction of sp³-hybridized carbons (Fsp3) is 0.567. The number of aromatic nitrogens is 4. The minimum atomic E-state index is 0.0450. The standard InChI is InChI=1S/C30H36N6O4/c37-29(21-3-4-25-27(13-21)33-34-32-25)36-16-22-5-9-35(10-6-23(22)17-36)30(38)24-14-26(20-1-2-20)31-28(15-24)40-18-19-7-11-39-12-8-19/h3-4,13-15,19-20,22-23H,1-2,5-12,16-18H2,(H,32,33,34). The summed E-state index contributed by atoms with van der Waals surface area (Å²) in [5.74, 6) is 2.39. The lowest BCUT2D eigenvalue weighted by Gasteiger charge is -2.24. The molecular weight excluding hydrogens is 508 g/mol. The second-order valence-electron chi connectivity index (χ2n) is 11.9. The highest BCUT2D eigenvalue weighted by molar-refractivity contribution is 5.97. The van der Waals surface area contributed by atoms with Crippen LogP contribution in [0.25, 0.3) is 11.0 Å². The normalized spacial score (nSPS) is 23.7. The van der Waals surface area contributed by atoms with Crippen LogP contribution in [-0.4, -0.2) is 88.0 Å². The van der Waals surface area contributed by atoms with E-state index in [-0.39, 0.29) is 11.8 Å². The minimum Gasteiger partial charge on any atom is -0.477 e. The lowest BCUT2D eigenvalue weighted by Crippen LogP contribution is -2.34. The molecule has 40 heavy (non-hydrogen) atoms. The highest BCUT2D eigenvalue weighted by atomic mass is 16.5. The first-order chi connectivity index (χ1) is 19.6. The number of aromatic amines is 1. The number of amides is 2. The van der Waals surface area contributed by atoms with Gasteiger partial charge in [0.15, 0.2) is 0 Å². The Kier molecular flexibility index (Phi) is 6.87. The van der Waals surface area contributed by atoms with Crippen LogP contribution in [0.15, 0.2) is 30.3 Å². The number of likely N-dealkylation sites (tertiary alicyclic amines) is 2. The molecule has 4 fully saturated rings. The first kappa shape index (κ1) is 25.4. The van der Waals surface area contributed by atoms with E-state index < -0.39 is 0 Å². The van der Waals surface area contributed by atoms with Crippen molar-refractivity contribution in [2.24, 2.45) is 17.8 Å². The van der Waals surface area contributed by atoms with Gasteiger partial charge < -0.3 is 19.3 Å². The maximum Gasteiger partial charge on any atom is 0.254 e. The Labute approximate surface area is 233 Å². The monoisotopic (exact) mass is 544 g/mol. The molecule has 0 spiro atoms. The summed E-state index contributed by atoms with van der Waals surface area (Å²) < 4.78 is 11.6. The molecule has 0 radical (unpaired) electrons. The van der Waals surface area contributed by atoms with Gasteiger partial charge in [-0.25, -0.2) is 4.98 Å². The molecule has 3 aromatic rings. The molecule has 2 unspecified atom stereocenters. The summed E-state index contributed by atoms with van der Waals surface area (Å²) in [7, 11) is 0. The number of H-pyrrole nitrogens is 1. The van der Waals surface area contributed by atoms with Crippen LogP contribution in [0.4, 0.5) is 0 Å². The molecular formula is C30H36N6O4. The van der Waals surface area contributed by atoms with Crippen LogP contribution in [0, 0.1) is 17.8 Å². The predicted octanol–water partition coefficient (Wildman–Crippen LogP) is 3.66. The van der Waals surface area contributed by atoms with Crippen LogP contribution in [-0.2, 0) is 4.74 Å². The first-order valence-corrected chi connectivity index (χ1v) is 14.7. The summed E-state index contributed by atoms with van der Waals surface area (Å²) in [5, 5.41) is 10.8. The average Bonchev–Trinajstić information content (AvgIpc) is 3.66. The first-order valence-electron chi connectivity index (χ1n) is 14.7. The predicted molar refractivity (Wildman–Crippen MR) is 147 cm³/mol. The highest BCUT2D eigenvalue weighted by Crippen LogP contribution is 2.40. The van der Waals surface area contributed by atoms with Crippen LogP contribution in [0.3, 0.4) is 0 Å². The number of rotatable bonds is 6. The van der Waals surface area contributed by atoms with E-state index in [9.17, 15) is 9.59 Å². The van der Waals surface area contributed by atoms with Gasteiger partial charge in [-0.1, -0.05) is 0 Å². The van der Waals surface area contributed by atoms with E-state index >= 15 is 0 Å². The SMILES string of the molecule is O=C(c1cc(OCC2CCOCC2)nc(C2CC2)c1)N1CCC2CN(C(=O)c3ccc4n[nH]nc4c3)CC2CC1. The quantitative estimate of drug-likeness (QED) is 0.504. The molecule has 2 atom stereocenters. The molecule has 210 valence electrons. The van der Waals surface area contributed by atoms with E-state index in [1.54, 1.807) is 0 Å². The van der Waals surface area contributed by atoms with E-state index in [0.717, 1.165) is 76.0 Å². The number of nitrogens with zero attached hydrogens (tertiary/aromatic N) is 5. The summed E-state index contributed by atoms with van der Waals surface area (Å²) in [6.45, 7) is 5.05. The number of hydrogen-bond donors (Lipinski definition) is 1. The molecule has 3 aliphatic heterocycles. The second-order valence-corrected chi connectivity index (χ2v) is 11.9. The Balaban J connectivity index is 0.994. The van der Waals surface area contributed by atoms with Gasteiger partial charge >= 0.3 is 0 Å². The lowest BCUT2D eigenvalue weighted by atomic mass is 9.92. The van der Waals surface area contributed by atoms with Crippen LogP contribution < -0.4 is 4.74 Å². The number of fused-ring (bicyclic) bond motifs is 2. The Morgan fingerprint density at radius 1 is 0.850 bits per heavy atom. The smallest absolute Gasteiger partial charge is 0.254 e. The number of hydrogen-bond acceptors (Lipinski definition) is 7. The van der Waals surface area contributed by atoms with Gasteiger partial charge in [0.25, 0.3) is 11.8 Å². The van der Waals surface area contributed by atoms with Gasteiger partial charge in [-0.2, -0.15) is 15.4 Å². The summed E-state index contributed by atoms with van der Waals surface area (Å²) in [6.07, 6.45) is 6.05. The molecule has 0 bridgehead atoms. The number of ether oxygens (including phenoxy) is 2. The van der Waals surface area contributed by atoms with Gasteiger partial charge in [-0.15, -0.1) is 0 Å². The zero-order valence-electron chi connectivity index (χ0n) is 22.8. The Morgan fingerprint density at radius 2 is 1.57 bits per heavy atom. The number of benzene rings is 1. The maximum atomic E-state index is 13.7. The number of pyridine rings is 1. The zero-order chi connectivity index (χ0) is 27.1. The topological polar surface area (TPSA) is 114 Å². The third-order valence-electron chi connectivity index (χ3n) is 9.13. The van der Waals surface area contributed by atoms with Crippen molar-refractivity contribution < 1.29 is 19.1 Å². The fourth-order valence-corrected chi connectivity index (χ4v) is 6.48. The summed E-state index contributed by atoms with van der Waals surface area (Å²) in [6, 6.07) is 9.29. The van der Waals surface area contributed by atoms with Crippen molar-refractivity contribution in [3.8, 4) is 5.88 Å². The molecule has 7 rings (SSSR count). The molecule has 2 amide bonds. The number of nitrogens with one attached hydrogen (secondary N) is 1. The van der Waals surface area contributed by atoms with Crippen LogP contribution in [0.5, 0.6) is 5.88 Å². The van der Waals surface area contributed by atoms with Crippen LogP contribution in [0.2, 0.25) is 0 Å². The molecule has 10 heteroatoms. The third kappa shape index (κ3) is 5.29. The lowest BCUT2D eigenvalue weighted by molar-refractivity contribution is 0.0490. The van der Waals surface area contributed by atoms with Crippen molar-refractivity contribution in [3.63, 3.8) is 0 Å². The zero-order valence-corrected chi connectivity index (χ0v) is 22.8. The van der Waals surface area contributed by atoms with Gasteiger partial charge in [-0.3, -0.25) is 9.59 Å². The molecule has 5 heterocycles. The molecule has 4 aliphatic rings. The molecule has 2 aromatic heterocycles. The van der Waals surface area contributed by atoms with Crippen molar-refractivity contribution in [1.29, 1.82) is 0 Å². The highest BCUT2D eigenvalue weighted by Gasteiger charge is 2.38. The van der Waals surface area contributed by atoms with E-state index in [1.807, 2.05) is 40.1 Å². The Bertz CT molecular complexity index is 1380. The van der Waals surface area contributed by atoms with E-state index in [2.05, 4.69) is 15.4 Å². The van der Waals surface area contributed by atoms with E-state index in [0.29, 0.717) is 65.9 Å². The minimum absolute atomic E-state index is 0.0450. The molecule has 10 nitrogen and oxygen atoms in total. The van der Waals surface area contributed by atoms with Gasteiger partial charge in [-0.05, 0) is 80.5 Å². The summed E-state index contributed by atoms with van der Waals surface area (Å²) in [5.41, 5.74) is 3.77. The molecule has 1 saturated carbocycles. The van der Waals surface area contributed by atoms with Crippen molar-refractivity contribution in [2.75, 3.05) is 46.0 Å². The van der Waals surface area contributed by atoms with Crippen molar-refractivity contribution in [3.05, 3.63) is 47.2 Å².